The second-order valence-corrected chi connectivity index (χ2v) is 5.67. The molecule has 0 spiro atoms. The SMILES string of the molecule is CC1(C)C(O)CC1NC(=O)C1CCC(=O)NC1. The van der Waals surface area contributed by atoms with Crippen LogP contribution in [0.3, 0.4) is 0 Å². The van der Waals surface area contributed by atoms with Gasteiger partial charge in [0.25, 0.3) is 0 Å². The summed E-state index contributed by atoms with van der Waals surface area (Å²) in [6.07, 6.45) is 1.33. The Bertz CT molecular complexity index is 331. The molecule has 0 aromatic rings. The molecule has 0 aromatic carbocycles. The molecular formula is C12H20N2O3. The van der Waals surface area contributed by atoms with Crippen LogP contribution < -0.4 is 10.6 Å². The van der Waals surface area contributed by atoms with Gasteiger partial charge in [-0.1, -0.05) is 13.8 Å². The van der Waals surface area contributed by atoms with Crippen molar-refractivity contribution >= 4 is 11.8 Å². The first-order chi connectivity index (χ1) is 7.91. The second kappa shape index (κ2) is 4.29. The maximum Gasteiger partial charge on any atom is 0.225 e. The van der Waals surface area contributed by atoms with Gasteiger partial charge in [-0.2, -0.15) is 0 Å². The summed E-state index contributed by atoms with van der Waals surface area (Å²) < 4.78 is 0. The van der Waals surface area contributed by atoms with Gasteiger partial charge in [-0.3, -0.25) is 9.59 Å². The quantitative estimate of drug-likeness (QED) is 0.625. The number of amides is 2. The minimum absolute atomic E-state index is 0.00465. The molecule has 0 aromatic heterocycles. The minimum Gasteiger partial charge on any atom is -0.392 e. The monoisotopic (exact) mass is 240 g/mol. The van der Waals surface area contributed by atoms with Gasteiger partial charge in [0.1, 0.15) is 0 Å². The Kier molecular flexibility index (Phi) is 3.12. The molecule has 5 nitrogen and oxygen atoms in total. The van der Waals surface area contributed by atoms with Gasteiger partial charge in [-0.15, -0.1) is 0 Å². The third kappa shape index (κ3) is 2.29. The first kappa shape index (κ1) is 12.4. The minimum atomic E-state index is -0.334. The summed E-state index contributed by atoms with van der Waals surface area (Å²) in [6, 6.07) is 0.0441. The summed E-state index contributed by atoms with van der Waals surface area (Å²) in [5.41, 5.74) is -0.242. The van der Waals surface area contributed by atoms with Gasteiger partial charge >= 0.3 is 0 Å². The lowest BCUT2D eigenvalue weighted by molar-refractivity contribution is -0.135. The Balaban J connectivity index is 1.84. The number of hydrogen-bond acceptors (Lipinski definition) is 3. The first-order valence-corrected chi connectivity index (χ1v) is 6.16. The largest absolute Gasteiger partial charge is 0.392 e. The van der Waals surface area contributed by atoms with Gasteiger partial charge in [0.15, 0.2) is 0 Å². The molecule has 96 valence electrons. The van der Waals surface area contributed by atoms with Gasteiger partial charge in [-0.25, -0.2) is 0 Å². The maximum atomic E-state index is 12.0. The lowest BCUT2D eigenvalue weighted by Gasteiger charge is -2.49. The van der Waals surface area contributed by atoms with E-state index in [9.17, 15) is 14.7 Å². The zero-order valence-electron chi connectivity index (χ0n) is 10.3. The molecule has 5 heteroatoms. The average Bonchev–Trinajstić information content (AvgIpc) is 2.29. The Hall–Kier alpha value is -1.10. The van der Waals surface area contributed by atoms with Crippen LogP contribution in [0.15, 0.2) is 0 Å². The lowest BCUT2D eigenvalue weighted by atomic mass is 9.64. The summed E-state index contributed by atoms with van der Waals surface area (Å²) >= 11 is 0. The molecule has 17 heavy (non-hydrogen) atoms. The summed E-state index contributed by atoms with van der Waals surface area (Å²) in [5, 5.41) is 15.3. The van der Waals surface area contributed by atoms with Crippen LogP contribution in [0.1, 0.15) is 33.1 Å². The molecule has 3 atom stereocenters. The number of carbonyl (C=O) groups excluding carboxylic acids is 2. The highest BCUT2D eigenvalue weighted by Gasteiger charge is 2.48. The van der Waals surface area contributed by atoms with E-state index in [4.69, 9.17) is 0 Å². The van der Waals surface area contributed by atoms with Crippen LogP contribution in [-0.2, 0) is 9.59 Å². The topological polar surface area (TPSA) is 78.4 Å². The van der Waals surface area contributed by atoms with E-state index < -0.39 is 0 Å². The van der Waals surface area contributed by atoms with Crippen LogP contribution in [0, 0.1) is 11.3 Å². The number of rotatable bonds is 2. The highest BCUT2D eigenvalue weighted by molar-refractivity contribution is 5.84. The number of piperidine rings is 1. The lowest BCUT2D eigenvalue weighted by Crippen LogP contribution is -2.62. The highest BCUT2D eigenvalue weighted by atomic mass is 16.3. The molecule has 3 N–H and O–H groups in total. The molecular weight excluding hydrogens is 220 g/mol. The van der Waals surface area contributed by atoms with Gasteiger partial charge in [0, 0.05) is 24.4 Å². The third-order valence-corrected chi connectivity index (χ3v) is 4.17. The van der Waals surface area contributed by atoms with E-state index in [-0.39, 0.29) is 35.3 Å². The van der Waals surface area contributed by atoms with E-state index in [1.165, 1.54) is 0 Å². The first-order valence-electron chi connectivity index (χ1n) is 6.16. The molecule has 0 bridgehead atoms. The van der Waals surface area contributed by atoms with Crippen molar-refractivity contribution in [1.82, 2.24) is 10.6 Å². The van der Waals surface area contributed by atoms with Crippen LogP contribution >= 0.6 is 0 Å². The summed E-state index contributed by atoms with van der Waals surface area (Å²) in [7, 11) is 0. The Morgan fingerprint density at radius 3 is 2.71 bits per heavy atom. The molecule has 3 unspecified atom stereocenters. The van der Waals surface area contributed by atoms with Crippen molar-refractivity contribution in [3.63, 3.8) is 0 Å². The Labute approximate surface area is 101 Å². The van der Waals surface area contributed by atoms with Crippen LogP contribution in [0.4, 0.5) is 0 Å². The molecule has 2 amide bonds. The van der Waals surface area contributed by atoms with Crippen molar-refractivity contribution in [2.75, 3.05) is 6.54 Å². The van der Waals surface area contributed by atoms with Crippen molar-refractivity contribution in [2.45, 2.75) is 45.3 Å². The standard InChI is InChI=1S/C12H20N2O3/c1-12(2)8(5-9(12)15)14-11(17)7-3-4-10(16)13-6-7/h7-9,15H,3-6H2,1-2H3,(H,13,16)(H,14,17). The average molecular weight is 240 g/mol. The molecule has 2 rings (SSSR count). The molecule has 1 aliphatic carbocycles. The van der Waals surface area contributed by atoms with Gasteiger partial charge in [-0.05, 0) is 12.8 Å². The molecule has 2 fully saturated rings. The fraction of sp³-hybridized carbons (Fsp3) is 0.833. The molecule has 1 saturated heterocycles. The van der Waals surface area contributed by atoms with Crippen LogP contribution in [0.25, 0.3) is 0 Å². The van der Waals surface area contributed by atoms with Gasteiger partial charge in [0.05, 0.1) is 12.0 Å². The zero-order valence-corrected chi connectivity index (χ0v) is 10.3. The van der Waals surface area contributed by atoms with E-state index in [0.29, 0.717) is 25.8 Å². The fourth-order valence-electron chi connectivity index (χ4n) is 2.39. The van der Waals surface area contributed by atoms with Crippen molar-refractivity contribution in [3.8, 4) is 0 Å². The van der Waals surface area contributed by atoms with E-state index >= 15 is 0 Å². The van der Waals surface area contributed by atoms with Gasteiger partial charge < -0.3 is 15.7 Å². The van der Waals surface area contributed by atoms with Crippen molar-refractivity contribution in [1.29, 1.82) is 0 Å². The normalized spacial score (nSPS) is 35.7. The number of carbonyl (C=O) groups is 2. The molecule has 0 radical (unpaired) electrons. The highest BCUT2D eigenvalue weighted by Crippen LogP contribution is 2.40. The molecule has 1 heterocycles. The predicted octanol–water partition coefficient (Wildman–Crippen LogP) is -0.212. The van der Waals surface area contributed by atoms with Crippen molar-refractivity contribution in [3.05, 3.63) is 0 Å². The summed E-state index contributed by atoms with van der Waals surface area (Å²) in [4.78, 5) is 22.9. The predicted molar refractivity (Wildman–Crippen MR) is 62.1 cm³/mol. The maximum absolute atomic E-state index is 12.0. The number of hydrogen-bond donors (Lipinski definition) is 3. The fourth-order valence-corrected chi connectivity index (χ4v) is 2.39. The van der Waals surface area contributed by atoms with E-state index in [2.05, 4.69) is 10.6 Å². The van der Waals surface area contributed by atoms with Crippen LogP contribution in [0.2, 0.25) is 0 Å². The Morgan fingerprint density at radius 2 is 2.24 bits per heavy atom. The van der Waals surface area contributed by atoms with Gasteiger partial charge in [0.2, 0.25) is 11.8 Å². The molecule has 1 saturated carbocycles. The summed E-state index contributed by atoms with van der Waals surface area (Å²) in [6.45, 7) is 4.34. The van der Waals surface area contributed by atoms with Crippen molar-refractivity contribution in [2.24, 2.45) is 11.3 Å². The number of nitrogens with one attached hydrogen (secondary N) is 2. The van der Waals surface area contributed by atoms with Crippen molar-refractivity contribution < 1.29 is 14.7 Å². The summed E-state index contributed by atoms with van der Waals surface area (Å²) in [5.74, 6) is -0.107. The second-order valence-electron chi connectivity index (χ2n) is 5.67. The zero-order chi connectivity index (χ0) is 12.6. The van der Waals surface area contributed by atoms with E-state index in [0.717, 1.165) is 0 Å². The third-order valence-electron chi connectivity index (χ3n) is 4.17. The molecule has 2 aliphatic rings. The Morgan fingerprint density at radius 1 is 1.53 bits per heavy atom. The van der Waals surface area contributed by atoms with Crippen LogP contribution in [0.5, 0.6) is 0 Å². The number of aliphatic hydroxyl groups excluding tert-OH is 1. The van der Waals surface area contributed by atoms with Crippen LogP contribution in [-0.4, -0.2) is 35.6 Å². The number of aliphatic hydroxyl groups is 1. The van der Waals surface area contributed by atoms with E-state index in [1.54, 1.807) is 0 Å². The van der Waals surface area contributed by atoms with E-state index in [1.807, 2.05) is 13.8 Å². The molecule has 1 aliphatic heterocycles. The smallest absolute Gasteiger partial charge is 0.225 e.